The van der Waals surface area contributed by atoms with Crippen molar-refractivity contribution in [2.45, 2.75) is 0 Å². The summed E-state index contributed by atoms with van der Waals surface area (Å²) in [7, 11) is 0. The molecule has 9 heteroatoms. The van der Waals surface area contributed by atoms with E-state index in [1.807, 2.05) is 0 Å². The Balaban J connectivity index is 1.63. The summed E-state index contributed by atoms with van der Waals surface area (Å²) in [5, 5.41) is 2.36. The number of amides is 3. The fourth-order valence-electron chi connectivity index (χ4n) is 2.57. The number of nitrogens with zero attached hydrogens (tertiary/aromatic N) is 2. The Morgan fingerprint density at radius 1 is 0.923 bits per heavy atom. The largest absolute Gasteiger partial charge is 0.325 e. The molecule has 1 saturated heterocycles. The van der Waals surface area contributed by atoms with Crippen molar-refractivity contribution in [3.63, 3.8) is 0 Å². The molecule has 1 heterocycles. The molecule has 0 spiro atoms. The summed E-state index contributed by atoms with van der Waals surface area (Å²) in [5.74, 6) is -4.85. The zero-order valence-corrected chi connectivity index (χ0v) is 13.3. The van der Waals surface area contributed by atoms with Crippen LogP contribution in [-0.2, 0) is 4.79 Å². The van der Waals surface area contributed by atoms with E-state index in [0.29, 0.717) is 0 Å². The van der Waals surface area contributed by atoms with E-state index >= 15 is 0 Å². The number of halogens is 4. The molecule has 0 unspecified atom stereocenters. The topological polar surface area (TPSA) is 52.7 Å². The summed E-state index contributed by atoms with van der Waals surface area (Å²) in [5.41, 5.74) is 0.232. The number of benzene rings is 2. The van der Waals surface area contributed by atoms with Crippen molar-refractivity contribution in [1.29, 1.82) is 0 Å². The van der Waals surface area contributed by atoms with E-state index in [0.717, 1.165) is 24.3 Å². The Morgan fingerprint density at radius 2 is 1.58 bits per heavy atom. The molecule has 0 atom stereocenters. The molecule has 136 valence electrons. The predicted molar refractivity (Wildman–Crippen MR) is 85.7 cm³/mol. The van der Waals surface area contributed by atoms with Crippen LogP contribution in [0.15, 0.2) is 36.4 Å². The zero-order chi connectivity index (χ0) is 18.8. The Morgan fingerprint density at radius 3 is 2.23 bits per heavy atom. The summed E-state index contributed by atoms with van der Waals surface area (Å²) >= 11 is 0. The first-order valence-corrected chi connectivity index (χ1v) is 7.61. The van der Waals surface area contributed by atoms with Gasteiger partial charge in [-0.2, -0.15) is 0 Å². The zero-order valence-electron chi connectivity index (χ0n) is 13.3. The Kier molecular flexibility index (Phi) is 4.79. The summed E-state index contributed by atoms with van der Waals surface area (Å²) in [6, 6.07) is 5.42. The lowest BCUT2D eigenvalue weighted by atomic mass is 10.3. The van der Waals surface area contributed by atoms with Gasteiger partial charge in [0, 0.05) is 36.6 Å². The summed E-state index contributed by atoms with van der Waals surface area (Å²) in [6.45, 7) is 0.0728. The smallest absolute Gasteiger partial charge is 0.324 e. The molecule has 0 aromatic heterocycles. The molecular formula is C17H13F4N3O2. The van der Waals surface area contributed by atoms with Crippen LogP contribution in [0.3, 0.4) is 0 Å². The van der Waals surface area contributed by atoms with Crippen LogP contribution in [0, 0.1) is 23.3 Å². The van der Waals surface area contributed by atoms with Gasteiger partial charge in [-0.1, -0.05) is 0 Å². The SMILES string of the molecule is O=C(CN1CCN(c2ccc(F)c(F)c2)C1=O)Nc1ccc(F)c(F)c1. The van der Waals surface area contributed by atoms with Gasteiger partial charge in [0.25, 0.3) is 0 Å². The summed E-state index contributed by atoms with van der Waals surface area (Å²) in [6.07, 6.45) is 0. The molecule has 0 bridgehead atoms. The number of hydrogen-bond donors (Lipinski definition) is 1. The minimum atomic E-state index is -1.11. The van der Waals surface area contributed by atoms with Crippen molar-refractivity contribution in [2.24, 2.45) is 0 Å². The van der Waals surface area contributed by atoms with Gasteiger partial charge in [-0.05, 0) is 24.3 Å². The fourth-order valence-corrected chi connectivity index (χ4v) is 2.57. The van der Waals surface area contributed by atoms with Crippen molar-refractivity contribution in [3.8, 4) is 0 Å². The van der Waals surface area contributed by atoms with Crippen LogP contribution < -0.4 is 10.2 Å². The van der Waals surface area contributed by atoms with Gasteiger partial charge in [0.15, 0.2) is 23.3 Å². The average Bonchev–Trinajstić information content (AvgIpc) is 2.94. The van der Waals surface area contributed by atoms with E-state index in [9.17, 15) is 27.2 Å². The first-order chi connectivity index (χ1) is 12.3. The van der Waals surface area contributed by atoms with Gasteiger partial charge in [0.1, 0.15) is 6.54 Å². The maximum Gasteiger partial charge on any atom is 0.325 e. The second-order valence-electron chi connectivity index (χ2n) is 5.63. The highest BCUT2D eigenvalue weighted by Crippen LogP contribution is 2.22. The second-order valence-corrected chi connectivity index (χ2v) is 5.63. The van der Waals surface area contributed by atoms with Crippen molar-refractivity contribution in [2.75, 3.05) is 29.9 Å². The lowest BCUT2D eigenvalue weighted by molar-refractivity contribution is -0.116. The highest BCUT2D eigenvalue weighted by Gasteiger charge is 2.31. The van der Waals surface area contributed by atoms with E-state index in [1.165, 1.54) is 21.9 Å². The minimum Gasteiger partial charge on any atom is -0.324 e. The van der Waals surface area contributed by atoms with Gasteiger partial charge >= 0.3 is 6.03 Å². The number of hydrogen-bond acceptors (Lipinski definition) is 2. The van der Waals surface area contributed by atoms with Crippen LogP contribution in [0.2, 0.25) is 0 Å². The van der Waals surface area contributed by atoms with E-state index in [4.69, 9.17) is 0 Å². The normalized spacial score (nSPS) is 14.1. The van der Waals surface area contributed by atoms with Crippen LogP contribution in [0.25, 0.3) is 0 Å². The molecule has 5 nitrogen and oxygen atoms in total. The first kappa shape index (κ1) is 17.7. The molecule has 3 rings (SSSR count). The second kappa shape index (κ2) is 7.03. The lowest BCUT2D eigenvalue weighted by Gasteiger charge is -2.18. The van der Waals surface area contributed by atoms with Crippen LogP contribution in [-0.4, -0.2) is 36.5 Å². The number of carbonyl (C=O) groups excluding carboxylic acids is 2. The minimum absolute atomic E-state index is 0.0537. The summed E-state index contributed by atoms with van der Waals surface area (Å²) in [4.78, 5) is 26.8. The molecule has 0 aliphatic carbocycles. The highest BCUT2D eigenvalue weighted by atomic mass is 19.2. The molecular weight excluding hydrogens is 354 g/mol. The van der Waals surface area contributed by atoms with Crippen LogP contribution in [0.5, 0.6) is 0 Å². The first-order valence-electron chi connectivity index (χ1n) is 7.61. The van der Waals surface area contributed by atoms with Crippen molar-refractivity contribution >= 4 is 23.3 Å². The van der Waals surface area contributed by atoms with E-state index in [-0.39, 0.29) is 31.0 Å². The van der Waals surface area contributed by atoms with Gasteiger partial charge in [0.2, 0.25) is 5.91 Å². The third-order valence-corrected chi connectivity index (χ3v) is 3.85. The lowest BCUT2D eigenvalue weighted by Crippen LogP contribution is -2.37. The van der Waals surface area contributed by atoms with Gasteiger partial charge in [-0.15, -0.1) is 0 Å². The number of nitrogens with one attached hydrogen (secondary N) is 1. The van der Waals surface area contributed by atoms with E-state index < -0.39 is 35.2 Å². The fraction of sp³-hybridized carbons (Fsp3) is 0.176. The van der Waals surface area contributed by atoms with Crippen LogP contribution in [0.1, 0.15) is 0 Å². The molecule has 1 N–H and O–H groups in total. The Labute approximate surface area is 145 Å². The van der Waals surface area contributed by atoms with Crippen molar-refractivity contribution in [1.82, 2.24) is 4.90 Å². The Bertz CT molecular complexity index is 875. The van der Waals surface area contributed by atoms with Gasteiger partial charge in [-0.25, -0.2) is 22.4 Å². The Hall–Kier alpha value is -3.10. The maximum absolute atomic E-state index is 13.3. The monoisotopic (exact) mass is 367 g/mol. The molecule has 2 aromatic carbocycles. The highest BCUT2D eigenvalue weighted by molar-refractivity contribution is 5.99. The van der Waals surface area contributed by atoms with E-state index in [1.54, 1.807) is 0 Å². The van der Waals surface area contributed by atoms with Crippen LogP contribution in [0.4, 0.5) is 33.7 Å². The molecule has 0 saturated carbocycles. The number of anilines is 2. The average molecular weight is 367 g/mol. The van der Waals surface area contributed by atoms with Gasteiger partial charge < -0.3 is 10.2 Å². The molecule has 1 fully saturated rings. The molecule has 1 aliphatic rings. The van der Waals surface area contributed by atoms with Crippen LogP contribution >= 0.6 is 0 Å². The molecule has 2 aromatic rings. The predicted octanol–water partition coefficient (Wildman–Crippen LogP) is 3.12. The van der Waals surface area contributed by atoms with Crippen molar-refractivity contribution in [3.05, 3.63) is 59.7 Å². The third kappa shape index (κ3) is 3.61. The molecule has 1 aliphatic heterocycles. The third-order valence-electron chi connectivity index (χ3n) is 3.85. The molecule has 0 radical (unpaired) electrons. The maximum atomic E-state index is 13.3. The molecule has 3 amide bonds. The van der Waals surface area contributed by atoms with Crippen molar-refractivity contribution < 1.29 is 27.2 Å². The van der Waals surface area contributed by atoms with Gasteiger partial charge in [-0.3, -0.25) is 9.69 Å². The summed E-state index contributed by atoms with van der Waals surface area (Å²) < 4.78 is 52.3. The van der Waals surface area contributed by atoms with Gasteiger partial charge in [0.05, 0.1) is 0 Å². The number of rotatable bonds is 4. The standard InChI is InChI=1S/C17H13F4N3O2/c18-12-3-1-10(7-14(12)20)22-16(25)9-23-5-6-24(17(23)26)11-2-4-13(19)15(21)8-11/h1-4,7-8H,5-6,9H2,(H,22,25). The van der Waals surface area contributed by atoms with E-state index in [2.05, 4.69) is 5.32 Å². The molecule has 26 heavy (non-hydrogen) atoms. The number of carbonyl (C=O) groups is 2. The number of urea groups is 1. The quantitative estimate of drug-likeness (QED) is 0.845.